The average molecular weight is 251 g/mol. The van der Waals surface area contributed by atoms with Crippen molar-refractivity contribution in [2.24, 2.45) is 5.73 Å². The number of para-hydroxylation sites is 1. The lowest BCUT2D eigenvalue weighted by atomic mass is 10.1. The van der Waals surface area contributed by atoms with E-state index in [-0.39, 0.29) is 5.56 Å². The van der Waals surface area contributed by atoms with Crippen molar-refractivity contribution in [3.05, 3.63) is 64.4 Å². The van der Waals surface area contributed by atoms with Crippen molar-refractivity contribution in [3.8, 4) is 11.4 Å². The fourth-order valence-corrected chi connectivity index (χ4v) is 2.14. The molecular formula is C15H13N3O. The lowest BCUT2D eigenvalue weighted by molar-refractivity contribution is 1.06. The lowest BCUT2D eigenvalue weighted by Gasteiger charge is -2.07. The first kappa shape index (κ1) is 11.6. The Bertz CT molecular complexity index is 792. The summed E-state index contributed by atoms with van der Waals surface area (Å²) in [6.45, 7) is 0.409. The smallest absolute Gasteiger partial charge is 0.259 e. The van der Waals surface area contributed by atoms with E-state index in [1.54, 1.807) is 6.07 Å². The molecule has 0 bridgehead atoms. The van der Waals surface area contributed by atoms with Gasteiger partial charge in [0.25, 0.3) is 5.56 Å². The number of nitrogens with zero attached hydrogens (tertiary/aromatic N) is 1. The van der Waals surface area contributed by atoms with Gasteiger partial charge in [-0.2, -0.15) is 0 Å². The van der Waals surface area contributed by atoms with Crippen LogP contribution < -0.4 is 11.3 Å². The van der Waals surface area contributed by atoms with E-state index in [4.69, 9.17) is 5.73 Å². The highest BCUT2D eigenvalue weighted by Crippen LogP contribution is 2.20. The molecule has 0 amide bonds. The molecule has 3 aromatic rings. The van der Waals surface area contributed by atoms with Crippen molar-refractivity contribution < 1.29 is 0 Å². The minimum atomic E-state index is -0.132. The van der Waals surface area contributed by atoms with Gasteiger partial charge >= 0.3 is 0 Å². The van der Waals surface area contributed by atoms with Gasteiger partial charge in [-0.3, -0.25) is 4.79 Å². The van der Waals surface area contributed by atoms with E-state index in [1.807, 2.05) is 42.5 Å². The molecule has 0 fully saturated rings. The number of rotatable bonds is 2. The highest BCUT2D eigenvalue weighted by Gasteiger charge is 2.08. The number of fused-ring (bicyclic) bond motifs is 1. The molecule has 0 radical (unpaired) electrons. The number of aromatic nitrogens is 2. The van der Waals surface area contributed by atoms with Crippen LogP contribution in [0.2, 0.25) is 0 Å². The SMILES string of the molecule is NCc1ccccc1-c1nc2ccccc2c(=O)[nH]1. The van der Waals surface area contributed by atoms with Crippen LogP contribution in [0.4, 0.5) is 0 Å². The van der Waals surface area contributed by atoms with Gasteiger partial charge in [-0.15, -0.1) is 0 Å². The molecule has 0 aliphatic rings. The molecule has 3 rings (SSSR count). The van der Waals surface area contributed by atoms with Gasteiger partial charge in [-0.25, -0.2) is 4.98 Å². The van der Waals surface area contributed by atoms with Gasteiger partial charge in [0.05, 0.1) is 10.9 Å². The van der Waals surface area contributed by atoms with Gasteiger partial charge in [0.2, 0.25) is 0 Å². The number of H-pyrrole nitrogens is 1. The average Bonchev–Trinajstić information content (AvgIpc) is 2.47. The summed E-state index contributed by atoms with van der Waals surface area (Å²) in [5, 5.41) is 0.594. The van der Waals surface area contributed by atoms with Gasteiger partial charge < -0.3 is 10.7 Å². The largest absolute Gasteiger partial charge is 0.326 e. The second-order valence-electron chi connectivity index (χ2n) is 4.29. The molecule has 4 heteroatoms. The maximum absolute atomic E-state index is 12.0. The molecule has 1 heterocycles. The van der Waals surface area contributed by atoms with E-state index in [2.05, 4.69) is 9.97 Å². The minimum Gasteiger partial charge on any atom is -0.326 e. The summed E-state index contributed by atoms with van der Waals surface area (Å²) in [5.41, 5.74) is 8.10. The van der Waals surface area contributed by atoms with Crippen LogP contribution in [0.25, 0.3) is 22.3 Å². The Hall–Kier alpha value is -2.46. The Labute approximate surface area is 109 Å². The molecule has 0 spiro atoms. The third-order valence-corrected chi connectivity index (χ3v) is 3.11. The van der Waals surface area contributed by atoms with Crippen molar-refractivity contribution in [1.29, 1.82) is 0 Å². The molecular weight excluding hydrogens is 238 g/mol. The predicted octanol–water partition coefficient (Wildman–Crippen LogP) is 2.05. The first-order valence-corrected chi connectivity index (χ1v) is 6.07. The van der Waals surface area contributed by atoms with Crippen molar-refractivity contribution in [3.63, 3.8) is 0 Å². The molecule has 1 aromatic heterocycles. The van der Waals surface area contributed by atoms with E-state index in [9.17, 15) is 4.79 Å². The zero-order chi connectivity index (χ0) is 13.2. The number of aromatic amines is 1. The van der Waals surface area contributed by atoms with E-state index in [0.29, 0.717) is 23.3 Å². The molecule has 94 valence electrons. The molecule has 0 aliphatic carbocycles. The normalized spacial score (nSPS) is 10.8. The topological polar surface area (TPSA) is 71.8 Å². The van der Waals surface area contributed by atoms with Crippen molar-refractivity contribution >= 4 is 10.9 Å². The maximum atomic E-state index is 12.0. The van der Waals surface area contributed by atoms with Crippen molar-refractivity contribution in [2.75, 3.05) is 0 Å². The third kappa shape index (κ3) is 2.02. The molecule has 19 heavy (non-hydrogen) atoms. The molecule has 0 saturated heterocycles. The van der Waals surface area contributed by atoms with Crippen LogP contribution in [0.5, 0.6) is 0 Å². The molecule has 0 saturated carbocycles. The van der Waals surface area contributed by atoms with E-state index in [1.165, 1.54) is 0 Å². The molecule has 3 N–H and O–H groups in total. The summed E-state index contributed by atoms with van der Waals surface area (Å²) in [6.07, 6.45) is 0. The molecule has 0 unspecified atom stereocenters. The number of hydrogen-bond acceptors (Lipinski definition) is 3. The van der Waals surface area contributed by atoms with Crippen molar-refractivity contribution in [2.45, 2.75) is 6.54 Å². The van der Waals surface area contributed by atoms with Crippen LogP contribution in [-0.2, 0) is 6.54 Å². The fourth-order valence-electron chi connectivity index (χ4n) is 2.14. The highest BCUT2D eigenvalue weighted by atomic mass is 16.1. The molecule has 2 aromatic carbocycles. The maximum Gasteiger partial charge on any atom is 0.259 e. The molecule has 4 nitrogen and oxygen atoms in total. The number of nitrogens with one attached hydrogen (secondary N) is 1. The second-order valence-corrected chi connectivity index (χ2v) is 4.29. The van der Waals surface area contributed by atoms with Crippen LogP contribution in [0, 0.1) is 0 Å². The van der Waals surface area contributed by atoms with Gasteiger partial charge in [-0.05, 0) is 17.7 Å². The fraction of sp³-hybridized carbons (Fsp3) is 0.0667. The minimum absolute atomic E-state index is 0.132. The molecule has 0 aliphatic heterocycles. The third-order valence-electron chi connectivity index (χ3n) is 3.11. The zero-order valence-electron chi connectivity index (χ0n) is 10.3. The van der Waals surface area contributed by atoms with Gasteiger partial charge in [0.1, 0.15) is 5.82 Å². The predicted molar refractivity (Wildman–Crippen MR) is 75.7 cm³/mol. The van der Waals surface area contributed by atoms with Crippen LogP contribution in [0.1, 0.15) is 5.56 Å². The number of nitrogens with two attached hydrogens (primary N) is 1. The lowest BCUT2D eigenvalue weighted by Crippen LogP contribution is -2.10. The van der Waals surface area contributed by atoms with E-state index < -0.39 is 0 Å². The van der Waals surface area contributed by atoms with Crippen LogP contribution >= 0.6 is 0 Å². The summed E-state index contributed by atoms with van der Waals surface area (Å²) in [4.78, 5) is 19.4. The summed E-state index contributed by atoms with van der Waals surface area (Å²) in [6, 6.07) is 15.0. The standard InChI is InChI=1S/C15H13N3O/c16-9-10-5-1-2-6-11(10)14-17-13-8-4-3-7-12(13)15(19)18-14/h1-8H,9,16H2,(H,17,18,19). The molecule has 0 atom stereocenters. The Morgan fingerprint density at radius 1 is 1.05 bits per heavy atom. The monoisotopic (exact) mass is 251 g/mol. The summed E-state index contributed by atoms with van der Waals surface area (Å²) in [7, 11) is 0. The van der Waals surface area contributed by atoms with E-state index in [0.717, 1.165) is 11.1 Å². The Morgan fingerprint density at radius 3 is 2.63 bits per heavy atom. The van der Waals surface area contributed by atoms with Gasteiger partial charge in [0, 0.05) is 12.1 Å². The zero-order valence-corrected chi connectivity index (χ0v) is 10.3. The van der Waals surface area contributed by atoms with Gasteiger partial charge in [0.15, 0.2) is 0 Å². The number of hydrogen-bond donors (Lipinski definition) is 2. The summed E-state index contributed by atoms with van der Waals surface area (Å²) in [5.74, 6) is 0.560. The second kappa shape index (κ2) is 4.66. The first-order chi connectivity index (χ1) is 9.29. The summed E-state index contributed by atoms with van der Waals surface area (Å²) < 4.78 is 0. The van der Waals surface area contributed by atoms with Crippen LogP contribution in [0.3, 0.4) is 0 Å². The van der Waals surface area contributed by atoms with E-state index >= 15 is 0 Å². The van der Waals surface area contributed by atoms with Crippen LogP contribution in [0.15, 0.2) is 53.3 Å². The number of benzene rings is 2. The Balaban J connectivity index is 2.29. The van der Waals surface area contributed by atoms with Crippen LogP contribution in [-0.4, -0.2) is 9.97 Å². The highest BCUT2D eigenvalue weighted by molar-refractivity contribution is 5.79. The Kier molecular flexibility index (Phi) is 2.85. The summed E-state index contributed by atoms with van der Waals surface area (Å²) >= 11 is 0. The van der Waals surface area contributed by atoms with Gasteiger partial charge in [-0.1, -0.05) is 36.4 Å². The quantitative estimate of drug-likeness (QED) is 0.732. The van der Waals surface area contributed by atoms with Crippen molar-refractivity contribution in [1.82, 2.24) is 9.97 Å². The first-order valence-electron chi connectivity index (χ1n) is 6.07. The Morgan fingerprint density at radius 2 is 1.79 bits per heavy atom.